The Morgan fingerprint density at radius 2 is 2.00 bits per heavy atom. The summed E-state index contributed by atoms with van der Waals surface area (Å²) in [5.74, 6) is 1.33. The van der Waals surface area contributed by atoms with Crippen molar-refractivity contribution >= 4 is 16.0 Å². The van der Waals surface area contributed by atoms with Crippen molar-refractivity contribution < 1.29 is 8.42 Å². The molecule has 2 aliphatic rings. The molecule has 0 bridgehead atoms. The highest BCUT2D eigenvalue weighted by atomic mass is 32.2. The topological polar surface area (TPSA) is 65.0 Å². The number of nitrogens with zero attached hydrogens (tertiary/aromatic N) is 3. The molecule has 2 heterocycles. The molecule has 0 saturated carbocycles. The molecular formula is C16H32N4O2S. The smallest absolute Gasteiger partial charge is 0.211 e. The van der Waals surface area contributed by atoms with E-state index in [4.69, 9.17) is 0 Å². The molecule has 23 heavy (non-hydrogen) atoms. The Bertz CT molecular complexity index is 528. The van der Waals surface area contributed by atoms with E-state index in [-0.39, 0.29) is 0 Å². The maximum atomic E-state index is 11.6. The zero-order valence-electron chi connectivity index (χ0n) is 15.0. The number of rotatable bonds is 5. The van der Waals surface area contributed by atoms with Gasteiger partial charge in [0.2, 0.25) is 10.0 Å². The molecule has 0 aromatic rings. The summed E-state index contributed by atoms with van der Waals surface area (Å²) in [4.78, 5) is 6.79. The Hall–Kier alpha value is -0.820. The minimum Gasteiger partial charge on any atom is -0.356 e. The number of hydrogen-bond donors (Lipinski definition) is 1. The fourth-order valence-electron chi connectivity index (χ4n) is 3.78. The van der Waals surface area contributed by atoms with Crippen LogP contribution in [0, 0.1) is 11.3 Å². The van der Waals surface area contributed by atoms with E-state index in [0.29, 0.717) is 24.4 Å². The van der Waals surface area contributed by atoms with E-state index in [9.17, 15) is 8.42 Å². The van der Waals surface area contributed by atoms with Gasteiger partial charge in [-0.25, -0.2) is 12.7 Å². The van der Waals surface area contributed by atoms with Gasteiger partial charge in [0.25, 0.3) is 0 Å². The van der Waals surface area contributed by atoms with Crippen LogP contribution in [-0.2, 0) is 10.0 Å². The first-order valence-corrected chi connectivity index (χ1v) is 10.6. The van der Waals surface area contributed by atoms with E-state index < -0.39 is 10.0 Å². The molecule has 1 unspecified atom stereocenters. The molecule has 0 aromatic heterocycles. The zero-order chi connectivity index (χ0) is 17.1. The van der Waals surface area contributed by atoms with Gasteiger partial charge < -0.3 is 10.2 Å². The van der Waals surface area contributed by atoms with Gasteiger partial charge in [-0.05, 0) is 37.0 Å². The van der Waals surface area contributed by atoms with Gasteiger partial charge in [-0.3, -0.25) is 4.99 Å². The Balaban J connectivity index is 1.85. The van der Waals surface area contributed by atoms with E-state index >= 15 is 0 Å². The predicted molar refractivity (Wildman–Crippen MR) is 95.1 cm³/mol. The fourth-order valence-corrected chi connectivity index (χ4v) is 4.69. The number of likely N-dealkylation sites (tertiary alicyclic amines) is 1. The van der Waals surface area contributed by atoms with Crippen molar-refractivity contribution in [3.8, 4) is 0 Å². The number of hydrogen-bond acceptors (Lipinski definition) is 3. The Kier molecular flexibility index (Phi) is 5.94. The Labute approximate surface area is 141 Å². The summed E-state index contributed by atoms with van der Waals surface area (Å²) in [7, 11) is -1.22. The van der Waals surface area contributed by atoms with E-state index in [1.807, 2.05) is 7.05 Å². The molecular weight excluding hydrogens is 312 g/mol. The third-order valence-electron chi connectivity index (χ3n) is 5.72. The third-order valence-corrected chi connectivity index (χ3v) is 6.99. The van der Waals surface area contributed by atoms with Crippen LogP contribution in [0.25, 0.3) is 0 Å². The molecule has 2 rings (SSSR count). The van der Waals surface area contributed by atoms with E-state index in [2.05, 4.69) is 29.1 Å². The highest BCUT2D eigenvalue weighted by Gasteiger charge is 2.36. The second kappa shape index (κ2) is 7.38. The molecule has 6 nitrogen and oxygen atoms in total. The van der Waals surface area contributed by atoms with Crippen molar-refractivity contribution in [2.24, 2.45) is 16.3 Å². The lowest BCUT2D eigenvalue weighted by Crippen LogP contribution is -2.43. The minimum absolute atomic E-state index is 0.367. The van der Waals surface area contributed by atoms with Crippen molar-refractivity contribution in [3.05, 3.63) is 0 Å². The average molecular weight is 345 g/mol. The lowest BCUT2D eigenvalue weighted by Gasteiger charge is -2.28. The lowest BCUT2D eigenvalue weighted by molar-refractivity contribution is 0.275. The van der Waals surface area contributed by atoms with Crippen molar-refractivity contribution in [2.75, 3.05) is 46.0 Å². The van der Waals surface area contributed by atoms with Crippen molar-refractivity contribution in [2.45, 2.75) is 39.5 Å². The molecule has 7 heteroatoms. The van der Waals surface area contributed by atoms with E-state index in [1.165, 1.54) is 25.5 Å². The van der Waals surface area contributed by atoms with Crippen molar-refractivity contribution in [1.82, 2.24) is 14.5 Å². The molecule has 1 atom stereocenters. The number of guanidine groups is 1. The minimum atomic E-state index is -3.05. The first-order valence-electron chi connectivity index (χ1n) is 8.74. The van der Waals surface area contributed by atoms with Crippen LogP contribution in [0.4, 0.5) is 0 Å². The largest absolute Gasteiger partial charge is 0.356 e. The monoisotopic (exact) mass is 344 g/mol. The van der Waals surface area contributed by atoms with Crippen molar-refractivity contribution in [3.63, 3.8) is 0 Å². The molecule has 134 valence electrons. The molecule has 0 aliphatic carbocycles. The van der Waals surface area contributed by atoms with Gasteiger partial charge in [-0.1, -0.05) is 13.8 Å². The van der Waals surface area contributed by atoms with Crippen LogP contribution in [0.1, 0.15) is 39.5 Å². The van der Waals surface area contributed by atoms with Gasteiger partial charge >= 0.3 is 0 Å². The highest BCUT2D eigenvalue weighted by Crippen LogP contribution is 2.36. The zero-order valence-corrected chi connectivity index (χ0v) is 15.8. The molecule has 0 radical (unpaired) electrons. The van der Waals surface area contributed by atoms with Crippen LogP contribution in [-0.4, -0.2) is 69.6 Å². The SMILES string of the molecule is CCC1(CC)CCN(C(=NC)NCC2CCN(S(C)(=O)=O)C2)C1. The highest BCUT2D eigenvalue weighted by molar-refractivity contribution is 7.88. The summed E-state index contributed by atoms with van der Waals surface area (Å²) in [6, 6.07) is 0. The first-order chi connectivity index (χ1) is 10.8. The average Bonchev–Trinajstić information content (AvgIpc) is 3.15. The number of sulfonamides is 1. The summed E-state index contributed by atoms with van der Waals surface area (Å²) < 4.78 is 24.8. The Morgan fingerprint density at radius 1 is 1.30 bits per heavy atom. The number of aliphatic imine (C=N–C) groups is 1. The predicted octanol–water partition coefficient (Wildman–Crippen LogP) is 1.36. The molecule has 0 aromatic carbocycles. The lowest BCUT2D eigenvalue weighted by atomic mass is 9.82. The molecule has 2 saturated heterocycles. The van der Waals surface area contributed by atoms with Crippen LogP contribution >= 0.6 is 0 Å². The van der Waals surface area contributed by atoms with Gasteiger partial charge in [-0.15, -0.1) is 0 Å². The van der Waals surface area contributed by atoms with Gasteiger partial charge in [0, 0.05) is 39.8 Å². The quantitative estimate of drug-likeness (QED) is 0.604. The van der Waals surface area contributed by atoms with Gasteiger partial charge in [0.15, 0.2) is 5.96 Å². The summed E-state index contributed by atoms with van der Waals surface area (Å²) in [6.45, 7) is 8.74. The van der Waals surface area contributed by atoms with E-state index in [0.717, 1.165) is 32.0 Å². The summed E-state index contributed by atoms with van der Waals surface area (Å²) in [5, 5.41) is 3.47. The first kappa shape index (κ1) is 18.5. The van der Waals surface area contributed by atoms with Crippen LogP contribution < -0.4 is 5.32 Å². The molecule has 0 amide bonds. The maximum absolute atomic E-state index is 11.6. The molecule has 0 spiro atoms. The standard InChI is InChI=1S/C16H32N4O2S/c1-5-16(6-2)8-10-19(13-16)15(17-3)18-11-14-7-9-20(12-14)23(4,21)22/h14H,5-13H2,1-4H3,(H,17,18). The summed E-state index contributed by atoms with van der Waals surface area (Å²) >= 11 is 0. The van der Waals surface area contributed by atoms with Crippen LogP contribution in [0.3, 0.4) is 0 Å². The maximum Gasteiger partial charge on any atom is 0.211 e. The van der Waals surface area contributed by atoms with Gasteiger partial charge in [0.1, 0.15) is 0 Å². The molecule has 2 fully saturated rings. The van der Waals surface area contributed by atoms with Crippen LogP contribution in [0.5, 0.6) is 0 Å². The van der Waals surface area contributed by atoms with E-state index in [1.54, 1.807) is 4.31 Å². The summed E-state index contributed by atoms with van der Waals surface area (Å²) in [6.07, 6.45) is 5.86. The normalized spacial score (nSPS) is 26.0. The molecule has 2 aliphatic heterocycles. The second-order valence-electron chi connectivity index (χ2n) is 7.08. The van der Waals surface area contributed by atoms with Gasteiger partial charge in [0.05, 0.1) is 6.26 Å². The van der Waals surface area contributed by atoms with Crippen molar-refractivity contribution in [1.29, 1.82) is 0 Å². The fraction of sp³-hybridized carbons (Fsp3) is 0.938. The molecule has 1 N–H and O–H groups in total. The summed E-state index contributed by atoms with van der Waals surface area (Å²) in [5.41, 5.74) is 0.429. The number of nitrogens with one attached hydrogen (secondary N) is 1. The van der Waals surface area contributed by atoms with Crippen LogP contribution in [0.15, 0.2) is 4.99 Å². The Morgan fingerprint density at radius 3 is 2.48 bits per heavy atom. The second-order valence-corrected chi connectivity index (χ2v) is 9.06. The van der Waals surface area contributed by atoms with Gasteiger partial charge in [-0.2, -0.15) is 0 Å². The van der Waals surface area contributed by atoms with Crippen LogP contribution in [0.2, 0.25) is 0 Å². The third kappa shape index (κ3) is 4.38.